The van der Waals surface area contributed by atoms with E-state index in [1.807, 2.05) is 24.3 Å². The van der Waals surface area contributed by atoms with Gasteiger partial charge in [-0.15, -0.1) is 0 Å². The van der Waals surface area contributed by atoms with Crippen molar-refractivity contribution in [1.29, 1.82) is 0 Å². The lowest BCUT2D eigenvalue weighted by atomic mass is 10.1. The molecule has 0 radical (unpaired) electrons. The van der Waals surface area contributed by atoms with E-state index in [0.29, 0.717) is 23.9 Å². The molecule has 7 heteroatoms. The van der Waals surface area contributed by atoms with Crippen molar-refractivity contribution in [3.63, 3.8) is 0 Å². The van der Waals surface area contributed by atoms with Crippen molar-refractivity contribution >= 4 is 22.8 Å². The lowest BCUT2D eigenvalue weighted by molar-refractivity contribution is -0.129. The van der Waals surface area contributed by atoms with Crippen LogP contribution in [0.4, 0.5) is 4.39 Å². The van der Waals surface area contributed by atoms with Crippen LogP contribution in [0.3, 0.4) is 0 Å². The maximum atomic E-state index is 13.8. The third-order valence-electron chi connectivity index (χ3n) is 4.63. The molecule has 0 fully saturated rings. The third-order valence-corrected chi connectivity index (χ3v) is 4.63. The molecule has 6 nitrogen and oxygen atoms in total. The van der Waals surface area contributed by atoms with Gasteiger partial charge in [0.05, 0.1) is 7.11 Å². The molecule has 0 saturated carbocycles. The Bertz CT molecular complexity index is 1030. The smallest absolute Gasteiger partial charge is 0.375 e. The summed E-state index contributed by atoms with van der Waals surface area (Å²) in [6.07, 6.45) is -0.394. The first-order valence-electron chi connectivity index (χ1n) is 9.20. The van der Waals surface area contributed by atoms with Crippen LogP contribution in [0.1, 0.15) is 28.6 Å². The second-order valence-corrected chi connectivity index (χ2v) is 6.61. The highest BCUT2D eigenvalue weighted by Gasteiger charge is 2.24. The van der Waals surface area contributed by atoms with Gasteiger partial charge in [0.2, 0.25) is 5.76 Å². The van der Waals surface area contributed by atoms with Gasteiger partial charge >= 0.3 is 5.97 Å². The summed E-state index contributed by atoms with van der Waals surface area (Å²) in [5.41, 5.74) is 1.50. The molecule has 2 aromatic carbocycles. The van der Waals surface area contributed by atoms with Gasteiger partial charge < -0.3 is 19.2 Å². The molecule has 1 heterocycles. The number of nitrogens with one attached hydrogen (secondary N) is 1. The predicted octanol–water partition coefficient (Wildman–Crippen LogP) is 3.79. The topological polar surface area (TPSA) is 77.8 Å². The Morgan fingerprint density at radius 3 is 2.55 bits per heavy atom. The van der Waals surface area contributed by atoms with E-state index >= 15 is 0 Å². The lowest BCUT2D eigenvalue weighted by Crippen LogP contribution is -2.36. The van der Waals surface area contributed by atoms with Crippen molar-refractivity contribution < 1.29 is 27.9 Å². The zero-order chi connectivity index (χ0) is 21.0. The summed E-state index contributed by atoms with van der Waals surface area (Å²) >= 11 is 0. The van der Waals surface area contributed by atoms with E-state index in [1.165, 1.54) is 19.1 Å². The van der Waals surface area contributed by atoms with Crippen LogP contribution in [0.5, 0.6) is 5.75 Å². The first-order valence-corrected chi connectivity index (χ1v) is 9.20. The van der Waals surface area contributed by atoms with Crippen molar-refractivity contribution in [2.45, 2.75) is 26.4 Å². The molecule has 3 rings (SSSR count). The highest BCUT2D eigenvalue weighted by Crippen LogP contribution is 2.27. The van der Waals surface area contributed by atoms with E-state index in [1.54, 1.807) is 20.1 Å². The molecular formula is C22H22FNO5. The normalized spacial score (nSPS) is 11.9. The highest BCUT2D eigenvalue weighted by molar-refractivity contribution is 5.97. The number of halogens is 1. The van der Waals surface area contributed by atoms with E-state index in [2.05, 4.69) is 5.32 Å². The van der Waals surface area contributed by atoms with Crippen LogP contribution in [-0.2, 0) is 16.0 Å². The van der Waals surface area contributed by atoms with Gasteiger partial charge in [0, 0.05) is 17.5 Å². The van der Waals surface area contributed by atoms with Gasteiger partial charge in [0.15, 0.2) is 17.5 Å². The third kappa shape index (κ3) is 4.56. The Balaban J connectivity index is 1.55. The number of amides is 1. The second kappa shape index (κ2) is 8.77. The monoisotopic (exact) mass is 399 g/mol. The van der Waals surface area contributed by atoms with Crippen molar-refractivity contribution in [2.24, 2.45) is 0 Å². The molecule has 1 atom stereocenters. The van der Waals surface area contributed by atoms with Crippen molar-refractivity contribution in [3.05, 3.63) is 65.2 Å². The highest BCUT2D eigenvalue weighted by atomic mass is 19.1. The van der Waals surface area contributed by atoms with Crippen molar-refractivity contribution in [2.75, 3.05) is 13.7 Å². The molecule has 0 unspecified atom stereocenters. The van der Waals surface area contributed by atoms with E-state index in [-0.39, 0.29) is 11.3 Å². The van der Waals surface area contributed by atoms with Gasteiger partial charge in [-0.1, -0.05) is 24.3 Å². The molecular weight excluding hydrogens is 377 g/mol. The maximum Gasteiger partial charge on any atom is 0.375 e. The molecule has 0 bridgehead atoms. The summed E-state index contributed by atoms with van der Waals surface area (Å²) < 4.78 is 29.5. The number of ether oxygens (including phenoxy) is 2. The molecule has 29 heavy (non-hydrogen) atoms. The predicted molar refractivity (Wildman–Crippen MR) is 105 cm³/mol. The Kier molecular flexibility index (Phi) is 6.16. The van der Waals surface area contributed by atoms with Crippen LogP contribution in [0.15, 0.2) is 46.9 Å². The molecule has 1 amide bonds. The SMILES string of the molecule is COc1ccc(CCNC(=O)[C@H](C)OC(=O)c2oc3c(F)cccc3c2C)cc1. The summed E-state index contributed by atoms with van der Waals surface area (Å²) in [4.78, 5) is 24.6. The fraction of sp³-hybridized carbons (Fsp3) is 0.273. The average Bonchev–Trinajstić information content (AvgIpc) is 3.06. The molecule has 152 valence electrons. The fourth-order valence-corrected chi connectivity index (χ4v) is 2.94. The molecule has 0 aliphatic heterocycles. The number of furan rings is 1. The number of hydrogen-bond donors (Lipinski definition) is 1. The van der Waals surface area contributed by atoms with Gasteiger partial charge in [-0.3, -0.25) is 4.79 Å². The Morgan fingerprint density at radius 2 is 1.90 bits per heavy atom. The van der Waals surface area contributed by atoms with Crippen molar-refractivity contribution in [3.8, 4) is 5.75 Å². The first-order chi connectivity index (χ1) is 13.9. The Labute approximate surface area is 167 Å². The number of hydrogen-bond acceptors (Lipinski definition) is 5. The second-order valence-electron chi connectivity index (χ2n) is 6.61. The fourth-order valence-electron chi connectivity index (χ4n) is 2.94. The molecule has 0 aliphatic carbocycles. The number of carbonyl (C=O) groups excluding carboxylic acids is 2. The molecule has 1 aromatic heterocycles. The molecule has 1 N–H and O–H groups in total. The number of benzene rings is 2. The number of carbonyl (C=O) groups is 2. The van der Waals surface area contributed by atoms with E-state index in [0.717, 1.165) is 11.3 Å². The first kappa shape index (κ1) is 20.4. The lowest BCUT2D eigenvalue weighted by Gasteiger charge is -2.13. The summed E-state index contributed by atoms with van der Waals surface area (Å²) in [5.74, 6) is -1.14. The minimum Gasteiger partial charge on any atom is -0.497 e. The van der Waals surface area contributed by atoms with Gasteiger partial charge in [-0.25, -0.2) is 9.18 Å². The standard InChI is InChI=1S/C22H22FNO5/c1-13-17-5-4-6-18(23)20(17)29-19(13)22(26)28-14(2)21(25)24-12-11-15-7-9-16(27-3)10-8-15/h4-10,14H,11-12H2,1-3H3,(H,24,25)/t14-/m0/s1. The van der Waals surface area contributed by atoms with E-state index in [9.17, 15) is 14.0 Å². The van der Waals surface area contributed by atoms with E-state index in [4.69, 9.17) is 13.9 Å². The van der Waals surface area contributed by atoms with Crippen molar-refractivity contribution in [1.82, 2.24) is 5.32 Å². The zero-order valence-electron chi connectivity index (χ0n) is 16.5. The van der Waals surface area contributed by atoms with Gasteiger partial charge in [0.25, 0.3) is 5.91 Å². The maximum absolute atomic E-state index is 13.8. The van der Waals surface area contributed by atoms with Crippen LogP contribution in [0.2, 0.25) is 0 Å². The van der Waals surface area contributed by atoms with Crippen LogP contribution < -0.4 is 10.1 Å². The van der Waals surface area contributed by atoms with Gasteiger partial charge in [-0.2, -0.15) is 0 Å². The Hall–Kier alpha value is -3.35. The van der Waals surface area contributed by atoms with Gasteiger partial charge in [-0.05, 0) is 44.0 Å². The number of methoxy groups -OCH3 is 1. The molecule has 3 aromatic rings. The van der Waals surface area contributed by atoms with Crippen LogP contribution >= 0.6 is 0 Å². The molecule has 0 aliphatic rings. The van der Waals surface area contributed by atoms with Crippen LogP contribution in [0.25, 0.3) is 11.0 Å². The number of para-hydroxylation sites is 1. The largest absolute Gasteiger partial charge is 0.497 e. The minimum atomic E-state index is -1.02. The number of rotatable bonds is 7. The zero-order valence-corrected chi connectivity index (χ0v) is 16.5. The summed E-state index contributed by atoms with van der Waals surface area (Å²) in [6.45, 7) is 3.50. The molecule has 0 spiro atoms. The van der Waals surface area contributed by atoms with Crippen LogP contribution in [-0.4, -0.2) is 31.6 Å². The molecule has 0 saturated heterocycles. The number of aryl methyl sites for hydroxylation is 1. The minimum absolute atomic E-state index is 0.00598. The number of fused-ring (bicyclic) bond motifs is 1. The van der Waals surface area contributed by atoms with Crippen LogP contribution in [0, 0.1) is 12.7 Å². The Morgan fingerprint density at radius 1 is 1.17 bits per heavy atom. The van der Waals surface area contributed by atoms with Gasteiger partial charge in [0.1, 0.15) is 5.75 Å². The summed E-state index contributed by atoms with van der Waals surface area (Å²) in [7, 11) is 1.60. The summed E-state index contributed by atoms with van der Waals surface area (Å²) in [5, 5.41) is 3.22. The average molecular weight is 399 g/mol. The van der Waals surface area contributed by atoms with E-state index < -0.39 is 23.8 Å². The number of esters is 1. The quantitative estimate of drug-likeness (QED) is 0.612. The summed E-state index contributed by atoms with van der Waals surface area (Å²) in [6, 6.07) is 12.0.